The van der Waals surface area contributed by atoms with Gasteiger partial charge in [0.1, 0.15) is 5.76 Å². The Morgan fingerprint density at radius 2 is 2.24 bits per heavy atom. The first-order chi connectivity index (χ1) is 10.3. The smallest absolute Gasteiger partial charge is 0.246 e. The van der Waals surface area contributed by atoms with E-state index in [1.807, 2.05) is 11.0 Å². The Kier molecular flexibility index (Phi) is 6.50. The van der Waals surface area contributed by atoms with Crippen LogP contribution in [0, 0.1) is 5.92 Å². The minimum atomic E-state index is 0.0464. The average molecular weight is 293 g/mol. The van der Waals surface area contributed by atoms with Crippen molar-refractivity contribution >= 4 is 12.0 Å². The summed E-state index contributed by atoms with van der Waals surface area (Å²) in [6.45, 7) is 3.61. The fraction of sp³-hybridized carbons (Fsp3) is 0.562. The zero-order valence-corrected chi connectivity index (χ0v) is 12.5. The molecule has 0 spiro atoms. The first kappa shape index (κ1) is 15.8. The van der Waals surface area contributed by atoms with Crippen LogP contribution in [0.3, 0.4) is 0 Å². The van der Waals surface area contributed by atoms with Crippen molar-refractivity contribution in [3.63, 3.8) is 0 Å². The van der Waals surface area contributed by atoms with Crippen LogP contribution in [-0.2, 0) is 14.3 Å². The molecule has 1 aromatic heterocycles. The van der Waals surface area contributed by atoms with Crippen LogP contribution in [0.25, 0.3) is 6.08 Å². The molecule has 2 rings (SSSR count). The van der Waals surface area contributed by atoms with E-state index in [0.29, 0.717) is 24.9 Å². The molecule has 1 aliphatic heterocycles. The molecule has 0 radical (unpaired) electrons. The van der Waals surface area contributed by atoms with Gasteiger partial charge in [0.15, 0.2) is 0 Å². The minimum Gasteiger partial charge on any atom is -0.465 e. The van der Waals surface area contributed by atoms with Crippen molar-refractivity contribution in [3.05, 3.63) is 30.2 Å². The largest absolute Gasteiger partial charge is 0.465 e. The summed E-state index contributed by atoms with van der Waals surface area (Å²) in [5, 5.41) is 0. The Hall–Kier alpha value is -1.59. The minimum absolute atomic E-state index is 0.0464. The summed E-state index contributed by atoms with van der Waals surface area (Å²) in [7, 11) is 1.67. The first-order valence-corrected chi connectivity index (χ1v) is 7.37. The number of carbonyl (C=O) groups is 1. The highest BCUT2D eigenvalue weighted by Crippen LogP contribution is 2.18. The van der Waals surface area contributed by atoms with Crippen LogP contribution in [0.2, 0.25) is 0 Å². The number of ether oxygens (including phenoxy) is 2. The molecule has 0 saturated carbocycles. The molecule has 1 aliphatic rings. The van der Waals surface area contributed by atoms with Crippen molar-refractivity contribution < 1.29 is 18.7 Å². The number of amides is 1. The lowest BCUT2D eigenvalue weighted by molar-refractivity contribution is -0.127. The van der Waals surface area contributed by atoms with Crippen LogP contribution in [0.5, 0.6) is 0 Å². The zero-order valence-electron chi connectivity index (χ0n) is 12.5. The van der Waals surface area contributed by atoms with Crippen molar-refractivity contribution in [2.24, 2.45) is 5.92 Å². The number of hydrogen-bond donors (Lipinski definition) is 0. The summed E-state index contributed by atoms with van der Waals surface area (Å²) in [4.78, 5) is 13.9. The van der Waals surface area contributed by atoms with Crippen molar-refractivity contribution in [2.75, 3.05) is 40.0 Å². The van der Waals surface area contributed by atoms with Gasteiger partial charge in [0.05, 0.1) is 19.5 Å². The third kappa shape index (κ3) is 5.36. The van der Waals surface area contributed by atoms with E-state index in [9.17, 15) is 4.79 Å². The van der Waals surface area contributed by atoms with E-state index in [-0.39, 0.29) is 5.91 Å². The second-order valence-corrected chi connectivity index (χ2v) is 5.19. The van der Waals surface area contributed by atoms with Gasteiger partial charge in [-0.1, -0.05) is 0 Å². The van der Waals surface area contributed by atoms with Gasteiger partial charge in [0.2, 0.25) is 5.91 Å². The molecule has 0 N–H and O–H groups in total. The number of furan rings is 1. The van der Waals surface area contributed by atoms with Crippen molar-refractivity contribution in [1.82, 2.24) is 4.90 Å². The first-order valence-electron chi connectivity index (χ1n) is 7.37. The lowest BCUT2D eigenvalue weighted by atomic mass is 9.98. The highest BCUT2D eigenvalue weighted by Gasteiger charge is 2.21. The third-order valence-electron chi connectivity index (χ3n) is 3.64. The van der Waals surface area contributed by atoms with E-state index in [2.05, 4.69) is 0 Å². The van der Waals surface area contributed by atoms with Crippen molar-refractivity contribution in [3.8, 4) is 0 Å². The SMILES string of the molecule is COCCOCC1CCN(C(=O)/C=C/c2ccco2)CC1. The number of hydrogen-bond acceptors (Lipinski definition) is 4. The highest BCUT2D eigenvalue weighted by atomic mass is 16.5. The fourth-order valence-electron chi connectivity index (χ4n) is 2.36. The molecule has 1 amide bonds. The number of methoxy groups -OCH3 is 1. The van der Waals surface area contributed by atoms with Crippen LogP contribution >= 0.6 is 0 Å². The van der Waals surface area contributed by atoms with Crippen LogP contribution in [0.1, 0.15) is 18.6 Å². The predicted molar refractivity (Wildman–Crippen MR) is 79.7 cm³/mol. The van der Waals surface area contributed by atoms with Gasteiger partial charge in [-0.05, 0) is 37.0 Å². The average Bonchev–Trinajstić information content (AvgIpc) is 3.03. The fourth-order valence-corrected chi connectivity index (χ4v) is 2.36. The zero-order chi connectivity index (χ0) is 14.9. The van der Waals surface area contributed by atoms with Gasteiger partial charge in [-0.15, -0.1) is 0 Å². The monoisotopic (exact) mass is 293 g/mol. The maximum atomic E-state index is 12.0. The molecule has 116 valence electrons. The summed E-state index contributed by atoms with van der Waals surface area (Å²) in [5.74, 6) is 1.29. The Labute approximate surface area is 125 Å². The molecule has 1 fully saturated rings. The molecular weight excluding hydrogens is 270 g/mol. The summed E-state index contributed by atoms with van der Waals surface area (Å²) < 4.78 is 15.7. The van der Waals surface area contributed by atoms with E-state index in [0.717, 1.165) is 32.5 Å². The second kappa shape index (κ2) is 8.64. The Bertz CT molecular complexity index is 433. The lowest BCUT2D eigenvalue weighted by Crippen LogP contribution is -2.38. The van der Waals surface area contributed by atoms with Gasteiger partial charge in [0.25, 0.3) is 0 Å². The molecule has 5 heteroatoms. The van der Waals surface area contributed by atoms with Crippen molar-refractivity contribution in [2.45, 2.75) is 12.8 Å². The van der Waals surface area contributed by atoms with E-state index in [4.69, 9.17) is 13.9 Å². The normalized spacial score (nSPS) is 16.7. The molecule has 0 aromatic carbocycles. The second-order valence-electron chi connectivity index (χ2n) is 5.19. The molecule has 1 aromatic rings. The van der Waals surface area contributed by atoms with Crippen LogP contribution < -0.4 is 0 Å². The molecule has 0 unspecified atom stereocenters. The molecule has 0 atom stereocenters. The van der Waals surface area contributed by atoms with Gasteiger partial charge in [-0.2, -0.15) is 0 Å². The lowest BCUT2D eigenvalue weighted by Gasteiger charge is -2.31. The Morgan fingerprint density at radius 1 is 1.43 bits per heavy atom. The molecular formula is C16H23NO4. The Balaban J connectivity index is 1.67. The molecule has 0 bridgehead atoms. The highest BCUT2D eigenvalue weighted by molar-refractivity contribution is 5.91. The Morgan fingerprint density at radius 3 is 2.90 bits per heavy atom. The predicted octanol–water partition coefficient (Wildman–Crippen LogP) is 2.19. The number of likely N-dealkylation sites (tertiary alicyclic amines) is 1. The molecule has 21 heavy (non-hydrogen) atoms. The quantitative estimate of drug-likeness (QED) is 0.571. The molecule has 5 nitrogen and oxygen atoms in total. The van der Waals surface area contributed by atoms with Gasteiger partial charge < -0.3 is 18.8 Å². The number of rotatable bonds is 7. The summed E-state index contributed by atoms with van der Waals surface area (Å²) in [6.07, 6.45) is 6.87. The summed E-state index contributed by atoms with van der Waals surface area (Å²) in [6, 6.07) is 3.63. The number of nitrogens with zero attached hydrogens (tertiary/aromatic N) is 1. The van der Waals surface area contributed by atoms with Crippen LogP contribution in [0.4, 0.5) is 0 Å². The van der Waals surface area contributed by atoms with E-state index < -0.39 is 0 Å². The van der Waals surface area contributed by atoms with E-state index >= 15 is 0 Å². The number of carbonyl (C=O) groups excluding carboxylic acids is 1. The van der Waals surface area contributed by atoms with Gasteiger partial charge in [-0.25, -0.2) is 0 Å². The maximum Gasteiger partial charge on any atom is 0.246 e. The summed E-state index contributed by atoms with van der Waals surface area (Å²) in [5.41, 5.74) is 0. The van der Waals surface area contributed by atoms with Gasteiger partial charge >= 0.3 is 0 Å². The molecule has 2 heterocycles. The molecule has 0 aliphatic carbocycles. The van der Waals surface area contributed by atoms with Crippen LogP contribution in [0.15, 0.2) is 28.9 Å². The maximum absolute atomic E-state index is 12.0. The third-order valence-corrected chi connectivity index (χ3v) is 3.64. The van der Waals surface area contributed by atoms with Crippen LogP contribution in [-0.4, -0.2) is 50.8 Å². The van der Waals surface area contributed by atoms with Gasteiger partial charge in [-0.3, -0.25) is 4.79 Å². The van der Waals surface area contributed by atoms with Gasteiger partial charge in [0, 0.05) is 32.9 Å². The summed E-state index contributed by atoms with van der Waals surface area (Å²) >= 11 is 0. The van der Waals surface area contributed by atoms with E-state index in [1.165, 1.54) is 0 Å². The standard InChI is InChI=1S/C16H23NO4/c1-19-11-12-20-13-14-6-8-17(9-7-14)16(18)5-4-15-3-2-10-21-15/h2-5,10,14H,6-9,11-13H2,1H3/b5-4+. The molecule has 1 saturated heterocycles. The van der Waals surface area contributed by atoms with Crippen molar-refractivity contribution in [1.29, 1.82) is 0 Å². The van der Waals surface area contributed by atoms with E-state index in [1.54, 1.807) is 31.6 Å². The topological polar surface area (TPSA) is 51.9 Å². The number of piperidine rings is 1.